The number of H-pyrrole nitrogens is 1. The minimum Gasteiger partial charge on any atom is -0.361 e. The molecule has 7 nitrogen and oxygen atoms in total. The van der Waals surface area contributed by atoms with Gasteiger partial charge in [-0.15, -0.1) is 0 Å². The molecule has 8 heteroatoms. The summed E-state index contributed by atoms with van der Waals surface area (Å²) in [7, 11) is 0. The van der Waals surface area contributed by atoms with Crippen LogP contribution in [0, 0.1) is 17.7 Å². The lowest BCUT2D eigenvalue weighted by atomic mass is 9.76. The van der Waals surface area contributed by atoms with E-state index in [4.69, 9.17) is 0 Å². The summed E-state index contributed by atoms with van der Waals surface area (Å²) >= 11 is 0. The van der Waals surface area contributed by atoms with Crippen molar-refractivity contribution in [1.82, 2.24) is 15.2 Å². The Morgan fingerprint density at radius 3 is 2.59 bits per heavy atom. The molecule has 6 rings (SSSR count). The minimum atomic E-state index is -1.51. The van der Waals surface area contributed by atoms with Gasteiger partial charge in [0.1, 0.15) is 11.4 Å². The number of aromatic nitrogens is 1. The Kier molecular flexibility index (Phi) is 4.18. The third-order valence-corrected chi connectivity index (χ3v) is 7.46. The van der Waals surface area contributed by atoms with Crippen LogP contribution in [-0.4, -0.2) is 39.2 Å². The van der Waals surface area contributed by atoms with Crippen molar-refractivity contribution in [3.05, 3.63) is 65.6 Å². The molecule has 4 unspecified atom stereocenters. The van der Waals surface area contributed by atoms with Crippen LogP contribution in [-0.2, 0) is 26.3 Å². The third-order valence-electron chi connectivity index (χ3n) is 7.46. The highest BCUT2D eigenvalue weighted by Crippen LogP contribution is 2.54. The van der Waals surface area contributed by atoms with E-state index in [1.807, 2.05) is 30.5 Å². The van der Waals surface area contributed by atoms with Crippen LogP contribution in [0.4, 0.5) is 10.1 Å². The average Bonchev–Trinajstić information content (AvgIpc) is 3.47. The van der Waals surface area contributed by atoms with E-state index in [1.54, 1.807) is 20.8 Å². The van der Waals surface area contributed by atoms with E-state index in [0.717, 1.165) is 16.5 Å². The zero-order valence-corrected chi connectivity index (χ0v) is 19.1. The Labute approximate surface area is 195 Å². The maximum Gasteiger partial charge on any atom is 0.250 e. The van der Waals surface area contributed by atoms with Gasteiger partial charge in [0.05, 0.1) is 11.8 Å². The van der Waals surface area contributed by atoms with Crippen LogP contribution in [0.3, 0.4) is 0 Å². The summed E-state index contributed by atoms with van der Waals surface area (Å²) in [4.78, 5) is 45.5. The first-order valence-electron chi connectivity index (χ1n) is 11.4. The average molecular weight is 461 g/mol. The number of hydrogen-bond donors (Lipinski definition) is 3. The molecule has 2 aromatic carbocycles. The molecule has 3 N–H and O–H groups in total. The maximum absolute atomic E-state index is 14.4. The second-order valence-corrected chi connectivity index (χ2v) is 10.5. The summed E-state index contributed by atoms with van der Waals surface area (Å²) in [6, 6.07) is 11.4. The molecule has 4 heterocycles. The molecule has 0 bridgehead atoms. The zero-order chi connectivity index (χ0) is 24.0. The summed E-state index contributed by atoms with van der Waals surface area (Å²) in [6.45, 7) is 5.42. The van der Waals surface area contributed by atoms with E-state index in [2.05, 4.69) is 15.6 Å². The van der Waals surface area contributed by atoms with E-state index in [-0.39, 0.29) is 5.91 Å². The van der Waals surface area contributed by atoms with E-state index in [0.29, 0.717) is 17.7 Å². The first-order valence-corrected chi connectivity index (χ1v) is 11.4. The summed E-state index contributed by atoms with van der Waals surface area (Å²) in [5.41, 5.74) is 0.538. The van der Waals surface area contributed by atoms with Gasteiger partial charge in [0, 0.05) is 39.9 Å². The maximum atomic E-state index is 14.4. The SMILES string of the molecule is CC(C)(C)N1C(=O)C2C(Cc3c[nH]c4ccccc34)NC3(C(=O)Nc4ccc(F)cc43)C2C1=O. The standard InChI is InChI=1S/C26H25FN4O3/c1-25(2,3)31-22(32)20-19(10-13-12-28-17-7-5-4-6-15(13)17)30-26(21(20)23(31)33)16-11-14(27)8-9-18(16)29-24(26)34/h4-9,11-12,19-21,28,30H,10H2,1-3H3,(H,29,34). The number of fused-ring (bicyclic) bond motifs is 5. The first-order chi connectivity index (χ1) is 16.1. The predicted octanol–water partition coefficient (Wildman–Crippen LogP) is 3.07. The number of benzene rings is 2. The quantitative estimate of drug-likeness (QED) is 0.513. The molecule has 0 aliphatic carbocycles. The van der Waals surface area contributed by atoms with Gasteiger partial charge in [0.25, 0.3) is 0 Å². The highest BCUT2D eigenvalue weighted by molar-refractivity contribution is 6.15. The van der Waals surface area contributed by atoms with Crippen molar-refractivity contribution < 1.29 is 18.8 Å². The molecule has 3 aromatic rings. The largest absolute Gasteiger partial charge is 0.361 e. The molecule has 2 fully saturated rings. The van der Waals surface area contributed by atoms with Crippen molar-refractivity contribution in [2.75, 3.05) is 5.32 Å². The van der Waals surface area contributed by atoms with Crippen molar-refractivity contribution in [3.63, 3.8) is 0 Å². The highest BCUT2D eigenvalue weighted by atomic mass is 19.1. The van der Waals surface area contributed by atoms with E-state index >= 15 is 0 Å². The molecule has 3 aliphatic heterocycles. The summed E-state index contributed by atoms with van der Waals surface area (Å²) in [5, 5.41) is 7.21. The van der Waals surface area contributed by atoms with Gasteiger partial charge >= 0.3 is 0 Å². The van der Waals surface area contributed by atoms with E-state index < -0.39 is 46.6 Å². The van der Waals surface area contributed by atoms with Crippen LogP contribution in [0.1, 0.15) is 31.9 Å². The van der Waals surface area contributed by atoms with Gasteiger partial charge in [0.2, 0.25) is 17.7 Å². The molecule has 1 spiro atoms. The Hall–Kier alpha value is -3.52. The topological polar surface area (TPSA) is 94.3 Å². The Bertz CT molecular complexity index is 1390. The molecule has 0 radical (unpaired) electrons. The van der Waals surface area contributed by atoms with Gasteiger partial charge in [-0.25, -0.2) is 4.39 Å². The molecule has 0 saturated carbocycles. The van der Waals surface area contributed by atoms with Gasteiger partial charge in [-0.1, -0.05) is 18.2 Å². The number of carbonyl (C=O) groups is 3. The van der Waals surface area contributed by atoms with Crippen LogP contribution in [0.5, 0.6) is 0 Å². The minimum absolute atomic E-state index is 0.297. The number of likely N-dealkylation sites (tertiary alicyclic amines) is 1. The number of nitrogens with one attached hydrogen (secondary N) is 3. The normalized spacial score (nSPS) is 28.2. The zero-order valence-electron chi connectivity index (χ0n) is 19.1. The summed E-state index contributed by atoms with van der Waals surface area (Å²) in [5.74, 6) is -3.34. The number of hydrogen-bond acceptors (Lipinski definition) is 4. The van der Waals surface area contributed by atoms with Crippen molar-refractivity contribution in [2.45, 2.75) is 44.3 Å². The first kappa shape index (κ1) is 21.0. The van der Waals surface area contributed by atoms with Crippen molar-refractivity contribution in [2.24, 2.45) is 11.8 Å². The molecule has 1 aromatic heterocycles. The van der Waals surface area contributed by atoms with Crippen LogP contribution < -0.4 is 10.6 Å². The third kappa shape index (κ3) is 2.63. The molecule has 34 heavy (non-hydrogen) atoms. The van der Waals surface area contributed by atoms with Crippen LogP contribution in [0.15, 0.2) is 48.7 Å². The van der Waals surface area contributed by atoms with Crippen LogP contribution in [0.25, 0.3) is 10.9 Å². The Morgan fingerprint density at radius 1 is 1.06 bits per heavy atom. The number of amides is 3. The molecule has 3 aliphatic rings. The van der Waals surface area contributed by atoms with Gasteiger partial charge in [-0.05, 0) is 57.0 Å². The molecule has 174 valence electrons. The molecular weight excluding hydrogens is 435 g/mol. The summed E-state index contributed by atoms with van der Waals surface area (Å²) in [6.07, 6.45) is 2.33. The molecule has 4 atom stereocenters. The molecule has 2 saturated heterocycles. The second kappa shape index (κ2) is 6.76. The van der Waals surface area contributed by atoms with Gasteiger partial charge in [-0.3, -0.25) is 24.6 Å². The van der Waals surface area contributed by atoms with Gasteiger partial charge in [0.15, 0.2) is 0 Å². The van der Waals surface area contributed by atoms with Crippen molar-refractivity contribution in [3.8, 4) is 0 Å². The van der Waals surface area contributed by atoms with Crippen molar-refractivity contribution >= 4 is 34.3 Å². The number of anilines is 1. The fraction of sp³-hybridized carbons (Fsp3) is 0.346. The number of imide groups is 1. The second-order valence-electron chi connectivity index (χ2n) is 10.5. The predicted molar refractivity (Wildman–Crippen MR) is 124 cm³/mol. The smallest absolute Gasteiger partial charge is 0.250 e. The Balaban J connectivity index is 1.51. The summed E-state index contributed by atoms with van der Waals surface area (Å²) < 4.78 is 14.4. The van der Waals surface area contributed by atoms with Crippen LogP contribution >= 0.6 is 0 Å². The fourth-order valence-electron chi connectivity index (χ4n) is 6.15. The molecular formula is C26H25FN4O3. The lowest BCUT2D eigenvalue weighted by molar-refractivity contribution is -0.147. The lowest BCUT2D eigenvalue weighted by Crippen LogP contribution is -2.56. The number of aromatic amines is 1. The van der Waals surface area contributed by atoms with E-state index in [1.165, 1.54) is 23.1 Å². The number of halogens is 1. The number of nitrogens with zero attached hydrogens (tertiary/aromatic N) is 1. The number of rotatable bonds is 2. The highest BCUT2D eigenvalue weighted by Gasteiger charge is 2.71. The van der Waals surface area contributed by atoms with E-state index in [9.17, 15) is 18.8 Å². The van der Waals surface area contributed by atoms with Gasteiger partial charge < -0.3 is 10.3 Å². The fourth-order valence-corrected chi connectivity index (χ4v) is 6.15. The monoisotopic (exact) mass is 460 g/mol. The number of para-hydroxylation sites is 1. The van der Waals surface area contributed by atoms with Crippen LogP contribution in [0.2, 0.25) is 0 Å². The molecule has 3 amide bonds. The van der Waals surface area contributed by atoms with Gasteiger partial charge in [-0.2, -0.15) is 0 Å². The van der Waals surface area contributed by atoms with Crippen molar-refractivity contribution in [1.29, 1.82) is 0 Å². The Morgan fingerprint density at radius 2 is 1.82 bits per heavy atom. The lowest BCUT2D eigenvalue weighted by Gasteiger charge is -2.34. The number of carbonyl (C=O) groups excluding carboxylic acids is 3.